The Kier molecular flexibility index (Phi) is 4.55. The highest BCUT2D eigenvalue weighted by atomic mass is 15.3. The molecular formula is C14H12N6. The minimum absolute atomic E-state index is 0.308. The number of allylic oxidation sites excluding steroid dienone is 3. The van der Waals surface area contributed by atoms with E-state index in [1.54, 1.807) is 30.5 Å². The molecule has 2 aromatic heterocycles. The van der Waals surface area contributed by atoms with Gasteiger partial charge in [-0.15, -0.1) is 20.4 Å². The molecule has 98 valence electrons. The van der Waals surface area contributed by atoms with E-state index in [2.05, 4.69) is 43.5 Å². The lowest BCUT2D eigenvalue weighted by atomic mass is 10.3. The van der Waals surface area contributed by atoms with Crippen molar-refractivity contribution in [3.05, 3.63) is 61.6 Å². The van der Waals surface area contributed by atoms with Crippen LogP contribution < -0.4 is 0 Å². The highest BCUT2D eigenvalue weighted by Crippen LogP contribution is 2.12. The van der Waals surface area contributed by atoms with Crippen molar-refractivity contribution >= 4 is 11.9 Å². The van der Waals surface area contributed by atoms with E-state index in [4.69, 9.17) is 0 Å². The second-order valence-corrected chi connectivity index (χ2v) is 3.56. The Balaban J connectivity index is 2.31. The van der Waals surface area contributed by atoms with Gasteiger partial charge in [0, 0.05) is 12.4 Å². The van der Waals surface area contributed by atoms with Crippen molar-refractivity contribution in [2.24, 2.45) is 4.99 Å². The minimum atomic E-state index is 0.308. The Morgan fingerprint density at radius 2 is 1.85 bits per heavy atom. The molecule has 0 saturated heterocycles. The first-order chi connectivity index (χ1) is 9.85. The van der Waals surface area contributed by atoms with Gasteiger partial charge < -0.3 is 0 Å². The van der Waals surface area contributed by atoms with Crippen LogP contribution in [0.15, 0.2) is 60.8 Å². The molecule has 20 heavy (non-hydrogen) atoms. The zero-order valence-electron chi connectivity index (χ0n) is 10.7. The van der Waals surface area contributed by atoms with Crippen molar-refractivity contribution in [3.8, 4) is 11.5 Å². The van der Waals surface area contributed by atoms with Crippen LogP contribution in [0.1, 0.15) is 5.82 Å². The molecule has 0 radical (unpaired) electrons. The zero-order chi connectivity index (χ0) is 14.2. The fraction of sp³-hybridized carbons (Fsp3) is 0. The van der Waals surface area contributed by atoms with Crippen LogP contribution in [-0.2, 0) is 0 Å². The van der Waals surface area contributed by atoms with Gasteiger partial charge in [-0.25, -0.2) is 0 Å². The molecule has 2 rings (SSSR count). The summed E-state index contributed by atoms with van der Waals surface area (Å²) in [6, 6.07) is 5.44. The molecule has 0 spiro atoms. The van der Waals surface area contributed by atoms with Crippen molar-refractivity contribution in [1.82, 2.24) is 25.4 Å². The average molecular weight is 264 g/mol. The lowest BCUT2D eigenvalue weighted by Gasteiger charge is -1.99. The molecule has 0 atom stereocenters. The fourth-order valence-electron chi connectivity index (χ4n) is 1.35. The average Bonchev–Trinajstić information content (AvgIpc) is 2.52. The topological polar surface area (TPSA) is 76.8 Å². The molecule has 0 aliphatic carbocycles. The number of hydrogen-bond donors (Lipinski definition) is 0. The van der Waals surface area contributed by atoms with Crippen LogP contribution >= 0.6 is 0 Å². The van der Waals surface area contributed by atoms with E-state index < -0.39 is 0 Å². The smallest absolute Gasteiger partial charge is 0.221 e. The highest BCUT2D eigenvalue weighted by Gasteiger charge is 2.07. The summed E-state index contributed by atoms with van der Waals surface area (Å²) in [7, 11) is 0. The number of rotatable bonds is 5. The monoisotopic (exact) mass is 264 g/mol. The number of aromatic nitrogens is 5. The van der Waals surface area contributed by atoms with Gasteiger partial charge in [-0.3, -0.25) is 9.98 Å². The van der Waals surface area contributed by atoms with Crippen LogP contribution in [0.3, 0.4) is 0 Å². The van der Waals surface area contributed by atoms with Crippen LogP contribution in [0, 0.1) is 0 Å². The highest BCUT2D eigenvalue weighted by molar-refractivity contribution is 5.78. The molecule has 0 fully saturated rings. The quantitative estimate of drug-likeness (QED) is 0.610. The summed E-state index contributed by atoms with van der Waals surface area (Å²) in [5.41, 5.74) is 1.12. The first-order valence-corrected chi connectivity index (χ1v) is 5.82. The number of hydrogen-bond acceptors (Lipinski definition) is 6. The van der Waals surface area contributed by atoms with Gasteiger partial charge in [-0.1, -0.05) is 31.4 Å². The van der Waals surface area contributed by atoms with Gasteiger partial charge in [0.1, 0.15) is 11.4 Å². The largest absolute Gasteiger partial charge is 0.253 e. The van der Waals surface area contributed by atoms with E-state index in [1.807, 2.05) is 12.1 Å². The van der Waals surface area contributed by atoms with Crippen molar-refractivity contribution in [1.29, 1.82) is 0 Å². The Hall–Kier alpha value is -3.02. The van der Waals surface area contributed by atoms with E-state index in [0.29, 0.717) is 23.0 Å². The molecule has 0 saturated carbocycles. The molecule has 0 aliphatic heterocycles. The predicted octanol–water partition coefficient (Wildman–Crippen LogP) is 2.11. The second kappa shape index (κ2) is 6.79. The molecule has 0 amide bonds. The molecule has 6 nitrogen and oxygen atoms in total. The molecule has 0 bridgehead atoms. The maximum Gasteiger partial charge on any atom is 0.221 e. The van der Waals surface area contributed by atoms with E-state index in [-0.39, 0.29) is 0 Å². The van der Waals surface area contributed by atoms with Gasteiger partial charge >= 0.3 is 0 Å². The zero-order valence-corrected chi connectivity index (χ0v) is 10.7. The molecule has 0 N–H and O–H groups in total. The van der Waals surface area contributed by atoms with E-state index in [1.165, 1.54) is 6.21 Å². The van der Waals surface area contributed by atoms with E-state index in [0.717, 1.165) is 0 Å². The Morgan fingerprint density at radius 3 is 2.45 bits per heavy atom. The molecule has 2 aromatic rings. The Labute approximate surface area is 116 Å². The van der Waals surface area contributed by atoms with Crippen LogP contribution in [0.2, 0.25) is 0 Å². The lowest BCUT2D eigenvalue weighted by Crippen LogP contribution is -2.02. The van der Waals surface area contributed by atoms with Gasteiger partial charge in [0.25, 0.3) is 0 Å². The molecule has 0 unspecified atom stereocenters. The summed E-state index contributed by atoms with van der Waals surface area (Å²) in [4.78, 5) is 8.26. The third kappa shape index (κ3) is 3.26. The summed E-state index contributed by atoms with van der Waals surface area (Å²) >= 11 is 0. The van der Waals surface area contributed by atoms with Gasteiger partial charge in [0.15, 0.2) is 0 Å². The van der Waals surface area contributed by atoms with Crippen LogP contribution in [0.5, 0.6) is 0 Å². The summed E-state index contributed by atoms with van der Waals surface area (Å²) in [5, 5.41) is 16.0. The van der Waals surface area contributed by atoms with E-state index >= 15 is 0 Å². The number of aliphatic imine (C=N–C) groups is 1. The van der Waals surface area contributed by atoms with Crippen LogP contribution in [0.25, 0.3) is 17.2 Å². The first-order valence-electron chi connectivity index (χ1n) is 5.82. The van der Waals surface area contributed by atoms with Gasteiger partial charge in [0.05, 0.1) is 0 Å². The van der Waals surface area contributed by atoms with Gasteiger partial charge in [-0.2, -0.15) is 0 Å². The normalized spacial score (nSPS) is 11.5. The van der Waals surface area contributed by atoms with Crippen LogP contribution in [0.4, 0.5) is 0 Å². The maximum absolute atomic E-state index is 4.13. The van der Waals surface area contributed by atoms with Crippen molar-refractivity contribution < 1.29 is 0 Å². The van der Waals surface area contributed by atoms with E-state index in [9.17, 15) is 0 Å². The molecule has 2 heterocycles. The second-order valence-electron chi connectivity index (χ2n) is 3.56. The molecule has 0 aliphatic rings. The van der Waals surface area contributed by atoms with Gasteiger partial charge in [-0.05, 0) is 18.2 Å². The first kappa shape index (κ1) is 13.4. The predicted molar refractivity (Wildman–Crippen MR) is 77.7 cm³/mol. The van der Waals surface area contributed by atoms with Crippen molar-refractivity contribution in [2.75, 3.05) is 0 Å². The molecule has 0 aromatic carbocycles. The van der Waals surface area contributed by atoms with Gasteiger partial charge in [0.2, 0.25) is 11.6 Å². The number of pyridine rings is 1. The summed E-state index contributed by atoms with van der Waals surface area (Å²) in [6.07, 6.45) is 8.00. The van der Waals surface area contributed by atoms with Crippen molar-refractivity contribution in [2.45, 2.75) is 0 Å². The lowest BCUT2D eigenvalue weighted by molar-refractivity contribution is 0.837. The number of nitrogens with zero attached hydrogens (tertiary/aromatic N) is 6. The van der Waals surface area contributed by atoms with Crippen LogP contribution in [-0.4, -0.2) is 31.6 Å². The third-order valence-electron chi connectivity index (χ3n) is 2.20. The summed E-state index contributed by atoms with van der Waals surface area (Å²) in [6.45, 7) is 7.17. The summed E-state index contributed by atoms with van der Waals surface area (Å²) in [5.74, 6) is 0.669. The molecule has 6 heteroatoms. The SMILES string of the molecule is C=C/C=N\C(=C/C=C)c1nnc(-c2ccccn2)nn1. The Morgan fingerprint density at radius 1 is 1.05 bits per heavy atom. The minimum Gasteiger partial charge on any atom is -0.253 e. The third-order valence-corrected chi connectivity index (χ3v) is 2.20. The van der Waals surface area contributed by atoms with Crippen molar-refractivity contribution in [3.63, 3.8) is 0 Å². The maximum atomic E-state index is 4.13. The molecular weight excluding hydrogens is 252 g/mol. The Bertz CT molecular complexity index is 643. The fourth-order valence-corrected chi connectivity index (χ4v) is 1.35. The standard InChI is InChI=1S/C14H12N6/c1-3-7-11(15-9-4-2)13-17-19-14(20-18-13)12-8-5-6-10-16-12/h3-10H,1-2H2/b11-7-,15-9-. The summed E-state index contributed by atoms with van der Waals surface area (Å²) < 4.78 is 0.